The van der Waals surface area contributed by atoms with Crippen LogP contribution in [0.1, 0.15) is 12.5 Å². The summed E-state index contributed by atoms with van der Waals surface area (Å²) < 4.78 is 0. The second-order valence-electron chi connectivity index (χ2n) is 7.29. The molecule has 2 aromatic carbocycles. The van der Waals surface area contributed by atoms with E-state index in [0.717, 1.165) is 52.4 Å². The highest BCUT2D eigenvalue weighted by Gasteiger charge is 2.25. The number of aromatic nitrogens is 2. The summed E-state index contributed by atoms with van der Waals surface area (Å²) in [5.41, 5.74) is 5.86. The minimum absolute atomic E-state index is 0.0599. The minimum atomic E-state index is 0.0599. The lowest BCUT2D eigenvalue weighted by Gasteiger charge is -2.20. The number of fused-ring (bicyclic) bond motifs is 2. The van der Waals surface area contributed by atoms with Crippen LogP contribution in [0.15, 0.2) is 73.1 Å². The summed E-state index contributed by atoms with van der Waals surface area (Å²) in [5.74, 6) is 0.789. The predicted molar refractivity (Wildman–Crippen MR) is 121 cm³/mol. The van der Waals surface area contributed by atoms with E-state index in [4.69, 9.17) is 0 Å². The fourth-order valence-corrected chi connectivity index (χ4v) is 3.95. The van der Waals surface area contributed by atoms with Crippen molar-refractivity contribution in [3.8, 4) is 0 Å². The normalized spacial score (nSPS) is 12.6. The van der Waals surface area contributed by atoms with Gasteiger partial charge < -0.3 is 15.5 Å². The van der Waals surface area contributed by atoms with Gasteiger partial charge in [0.05, 0.1) is 16.9 Å². The van der Waals surface area contributed by atoms with Crippen LogP contribution in [0.5, 0.6) is 0 Å². The Labute approximate surface area is 174 Å². The van der Waals surface area contributed by atoms with Gasteiger partial charge in [-0.1, -0.05) is 18.2 Å². The van der Waals surface area contributed by atoms with Crippen molar-refractivity contribution in [1.82, 2.24) is 9.97 Å². The fraction of sp³-hybridized carbons (Fsp3) is 0.125. The van der Waals surface area contributed by atoms with Crippen molar-refractivity contribution in [2.24, 2.45) is 0 Å². The van der Waals surface area contributed by atoms with Crippen LogP contribution in [-0.4, -0.2) is 22.4 Å². The molecule has 0 bridgehead atoms. The topological polar surface area (TPSA) is 70.2 Å². The number of amides is 1. The second kappa shape index (κ2) is 7.48. The maximum atomic E-state index is 12.1. The summed E-state index contributed by atoms with van der Waals surface area (Å²) in [6, 6.07) is 19.9. The zero-order valence-corrected chi connectivity index (χ0v) is 16.6. The molecule has 0 aliphatic carbocycles. The Morgan fingerprint density at radius 3 is 2.70 bits per heavy atom. The van der Waals surface area contributed by atoms with Gasteiger partial charge in [-0.2, -0.15) is 0 Å². The minimum Gasteiger partial charge on any atom is -0.354 e. The van der Waals surface area contributed by atoms with E-state index in [-0.39, 0.29) is 5.91 Å². The molecule has 0 unspecified atom stereocenters. The van der Waals surface area contributed by atoms with Crippen LogP contribution in [-0.2, 0) is 11.2 Å². The molecule has 5 rings (SSSR count). The number of hydrogen-bond acceptors (Lipinski definition) is 5. The molecule has 4 aromatic rings. The van der Waals surface area contributed by atoms with Crippen molar-refractivity contribution in [2.45, 2.75) is 13.3 Å². The number of anilines is 5. The van der Waals surface area contributed by atoms with Gasteiger partial charge >= 0.3 is 0 Å². The number of nitrogens with zero attached hydrogens (tertiary/aromatic N) is 3. The molecular formula is C24H21N5O. The molecule has 2 N–H and O–H groups in total. The smallest absolute Gasteiger partial charge is 0.223 e. The summed E-state index contributed by atoms with van der Waals surface area (Å²) in [7, 11) is 0. The van der Waals surface area contributed by atoms with E-state index >= 15 is 0 Å². The lowest BCUT2D eigenvalue weighted by molar-refractivity contribution is -0.116. The Hall–Kier alpha value is -3.93. The van der Waals surface area contributed by atoms with Crippen molar-refractivity contribution in [1.29, 1.82) is 0 Å². The van der Waals surface area contributed by atoms with Crippen molar-refractivity contribution in [2.75, 3.05) is 22.1 Å². The number of rotatable bonds is 4. The molecule has 1 aliphatic heterocycles. The quantitative estimate of drug-likeness (QED) is 0.507. The van der Waals surface area contributed by atoms with E-state index in [9.17, 15) is 4.79 Å². The number of para-hydroxylation sites is 1. The average Bonchev–Trinajstić information content (AvgIpc) is 3.20. The predicted octanol–water partition coefficient (Wildman–Crippen LogP) is 5.03. The average molecular weight is 395 g/mol. The molecule has 0 atom stereocenters. The van der Waals surface area contributed by atoms with Gasteiger partial charge in [-0.15, -0.1) is 0 Å². The summed E-state index contributed by atoms with van der Waals surface area (Å²) in [6.45, 7) is 2.33. The molecule has 0 spiro atoms. The van der Waals surface area contributed by atoms with Gasteiger partial charge in [0.1, 0.15) is 5.82 Å². The highest BCUT2D eigenvalue weighted by molar-refractivity contribution is 5.98. The number of benzene rings is 2. The second-order valence-corrected chi connectivity index (χ2v) is 7.29. The van der Waals surface area contributed by atoms with Crippen LogP contribution in [0.2, 0.25) is 0 Å². The largest absolute Gasteiger partial charge is 0.354 e. The van der Waals surface area contributed by atoms with Gasteiger partial charge in [0.25, 0.3) is 0 Å². The first-order valence-electron chi connectivity index (χ1n) is 9.93. The molecule has 0 fully saturated rings. The Morgan fingerprint density at radius 1 is 0.933 bits per heavy atom. The Kier molecular flexibility index (Phi) is 4.52. The molecule has 2 aromatic heterocycles. The number of nitrogens with one attached hydrogen (secondary N) is 2. The number of carbonyl (C=O) groups excluding carboxylic acids is 1. The molecule has 0 saturated carbocycles. The maximum absolute atomic E-state index is 12.1. The van der Waals surface area contributed by atoms with E-state index in [0.29, 0.717) is 0 Å². The van der Waals surface area contributed by atoms with E-state index in [1.807, 2.05) is 59.5 Å². The molecule has 6 nitrogen and oxygen atoms in total. The standard InChI is InChI=1S/C24H21N5O/c1-16(30)29-14-11-17-5-2-9-22(24(17)29)27-18-10-13-26-23(15-18)28-21-8-3-7-20-19(21)6-4-12-25-20/h2-10,12-13,15H,11,14H2,1H3,(H2,26,27,28). The van der Waals surface area contributed by atoms with E-state index in [1.54, 1.807) is 19.3 Å². The molecule has 1 amide bonds. The monoisotopic (exact) mass is 395 g/mol. The molecule has 1 aliphatic rings. The van der Waals surface area contributed by atoms with Gasteiger partial charge in [0, 0.05) is 48.7 Å². The molecule has 148 valence electrons. The molecular weight excluding hydrogens is 374 g/mol. The first kappa shape index (κ1) is 18.1. The maximum Gasteiger partial charge on any atom is 0.223 e. The Morgan fingerprint density at radius 2 is 1.80 bits per heavy atom. The van der Waals surface area contributed by atoms with Gasteiger partial charge in [0.2, 0.25) is 5.91 Å². The molecule has 6 heteroatoms. The van der Waals surface area contributed by atoms with Crippen LogP contribution < -0.4 is 15.5 Å². The van der Waals surface area contributed by atoms with E-state index in [2.05, 4.69) is 26.7 Å². The van der Waals surface area contributed by atoms with Gasteiger partial charge in [0.15, 0.2) is 0 Å². The zero-order chi connectivity index (χ0) is 20.5. The van der Waals surface area contributed by atoms with Crippen LogP contribution >= 0.6 is 0 Å². The summed E-state index contributed by atoms with van der Waals surface area (Å²) in [4.78, 5) is 22.8. The third kappa shape index (κ3) is 3.33. The van der Waals surface area contributed by atoms with Crippen molar-refractivity contribution in [3.05, 3.63) is 78.6 Å². The lowest BCUT2D eigenvalue weighted by Crippen LogP contribution is -2.26. The summed E-state index contributed by atoms with van der Waals surface area (Å²) in [5, 5.41) is 7.90. The fourth-order valence-electron chi connectivity index (χ4n) is 3.95. The third-order valence-electron chi connectivity index (χ3n) is 5.32. The van der Waals surface area contributed by atoms with E-state index in [1.165, 1.54) is 5.56 Å². The van der Waals surface area contributed by atoms with Crippen LogP contribution in [0.3, 0.4) is 0 Å². The van der Waals surface area contributed by atoms with Crippen LogP contribution in [0, 0.1) is 0 Å². The Bertz CT molecular complexity index is 1250. The highest BCUT2D eigenvalue weighted by atomic mass is 16.2. The molecule has 0 saturated heterocycles. The van der Waals surface area contributed by atoms with Crippen molar-refractivity contribution >= 4 is 45.4 Å². The van der Waals surface area contributed by atoms with Crippen LogP contribution in [0.4, 0.5) is 28.6 Å². The molecule has 0 radical (unpaired) electrons. The highest BCUT2D eigenvalue weighted by Crippen LogP contribution is 2.37. The first-order chi connectivity index (χ1) is 14.7. The van der Waals surface area contributed by atoms with Crippen molar-refractivity contribution < 1.29 is 4.79 Å². The molecule has 3 heterocycles. The Balaban J connectivity index is 1.44. The van der Waals surface area contributed by atoms with Gasteiger partial charge in [-0.05, 0) is 48.4 Å². The number of hydrogen-bond donors (Lipinski definition) is 2. The first-order valence-corrected chi connectivity index (χ1v) is 9.93. The zero-order valence-electron chi connectivity index (χ0n) is 16.6. The van der Waals surface area contributed by atoms with Crippen LogP contribution in [0.25, 0.3) is 10.9 Å². The van der Waals surface area contributed by atoms with Gasteiger partial charge in [-0.25, -0.2) is 4.98 Å². The van der Waals surface area contributed by atoms with Crippen molar-refractivity contribution in [3.63, 3.8) is 0 Å². The summed E-state index contributed by atoms with van der Waals surface area (Å²) in [6.07, 6.45) is 4.43. The van der Waals surface area contributed by atoms with Gasteiger partial charge in [-0.3, -0.25) is 9.78 Å². The summed E-state index contributed by atoms with van der Waals surface area (Å²) >= 11 is 0. The SMILES string of the molecule is CC(=O)N1CCc2cccc(Nc3ccnc(Nc4cccc5ncccc45)c3)c21. The number of carbonyl (C=O) groups is 1. The lowest BCUT2D eigenvalue weighted by atomic mass is 10.1. The number of pyridine rings is 2. The third-order valence-corrected chi connectivity index (χ3v) is 5.32. The van der Waals surface area contributed by atoms with E-state index < -0.39 is 0 Å². The molecule has 30 heavy (non-hydrogen) atoms.